The van der Waals surface area contributed by atoms with Gasteiger partial charge in [-0.2, -0.15) is 0 Å². The predicted molar refractivity (Wildman–Crippen MR) is 82.9 cm³/mol. The molecule has 3 fully saturated rings. The van der Waals surface area contributed by atoms with E-state index >= 15 is 0 Å². The summed E-state index contributed by atoms with van der Waals surface area (Å²) in [4.78, 5) is 0. The van der Waals surface area contributed by atoms with Crippen LogP contribution in [0.15, 0.2) is 12.1 Å². The summed E-state index contributed by atoms with van der Waals surface area (Å²) in [6.45, 7) is 1.37. The average Bonchev–Trinajstić information content (AvgIpc) is 3.24. The molecule has 4 nitrogen and oxygen atoms in total. The highest BCUT2D eigenvalue weighted by molar-refractivity contribution is 5.61. The van der Waals surface area contributed by atoms with Gasteiger partial charge in [0.25, 0.3) is 0 Å². The van der Waals surface area contributed by atoms with E-state index in [2.05, 4.69) is 12.1 Å². The van der Waals surface area contributed by atoms with Crippen LogP contribution < -0.4 is 9.47 Å². The molecule has 1 aromatic carbocycles. The van der Waals surface area contributed by atoms with E-state index in [1.807, 2.05) is 0 Å². The summed E-state index contributed by atoms with van der Waals surface area (Å²) >= 11 is 0. The fourth-order valence-electron chi connectivity index (χ4n) is 6.54. The monoisotopic (exact) mass is 314 g/mol. The van der Waals surface area contributed by atoms with Gasteiger partial charge in [0.2, 0.25) is 5.79 Å². The van der Waals surface area contributed by atoms with Crippen molar-refractivity contribution in [3.63, 3.8) is 0 Å². The molecule has 6 rings (SSSR count). The fraction of sp³-hybridized carbons (Fsp3) is 0.684. The highest BCUT2D eigenvalue weighted by Gasteiger charge is 2.71. The molecule has 122 valence electrons. The van der Waals surface area contributed by atoms with Crippen molar-refractivity contribution in [1.82, 2.24) is 0 Å². The second-order valence-corrected chi connectivity index (χ2v) is 7.83. The molecule has 2 spiro atoms. The minimum atomic E-state index is -0.538. The largest absolute Gasteiger partial charge is 0.493 e. The van der Waals surface area contributed by atoms with Crippen LogP contribution in [0.3, 0.4) is 0 Å². The number of methoxy groups -OCH3 is 1. The smallest absolute Gasteiger partial charge is 0.206 e. The van der Waals surface area contributed by atoms with Gasteiger partial charge >= 0.3 is 0 Å². The van der Waals surface area contributed by atoms with E-state index in [1.165, 1.54) is 36.8 Å². The van der Waals surface area contributed by atoms with Crippen LogP contribution in [-0.4, -0.2) is 32.2 Å². The summed E-state index contributed by atoms with van der Waals surface area (Å²) in [7, 11) is 1.73. The van der Waals surface area contributed by atoms with Crippen molar-refractivity contribution in [3.05, 3.63) is 23.3 Å². The minimum absolute atomic E-state index is 0.00778. The van der Waals surface area contributed by atoms with E-state index in [4.69, 9.17) is 18.9 Å². The SMILES string of the molecule is COc1ccc2c3c1OC1C4(CCC5C(CCC351)C2)OCCO4. The lowest BCUT2D eigenvalue weighted by Crippen LogP contribution is -2.62. The van der Waals surface area contributed by atoms with Gasteiger partial charge in [0.1, 0.15) is 0 Å². The molecule has 23 heavy (non-hydrogen) atoms. The highest BCUT2D eigenvalue weighted by atomic mass is 16.8. The third kappa shape index (κ3) is 1.30. The lowest BCUT2D eigenvalue weighted by Gasteiger charge is -2.51. The summed E-state index contributed by atoms with van der Waals surface area (Å²) in [6.07, 6.45) is 5.86. The second-order valence-electron chi connectivity index (χ2n) is 7.83. The van der Waals surface area contributed by atoms with Crippen LogP contribution in [0, 0.1) is 11.8 Å². The van der Waals surface area contributed by atoms with Crippen molar-refractivity contribution in [2.75, 3.05) is 20.3 Å². The fourth-order valence-corrected chi connectivity index (χ4v) is 6.54. The Bertz CT molecular complexity index is 693. The minimum Gasteiger partial charge on any atom is -0.493 e. The third-order valence-corrected chi connectivity index (χ3v) is 7.22. The molecule has 0 N–H and O–H groups in total. The lowest BCUT2D eigenvalue weighted by molar-refractivity contribution is -0.249. The number of rotatable bonds is 1. The zero-order valence-corrected chi connectivity index (χ0v) is 13.5. The molecule has 2 saturated carbocycles. The zero-order valence-electron chi connectivity index (χ0n) is 13.5. The van der Waals surface area contributed by atoms with Gasteiger partial charge in [0.05, 0.1) is 20.3 Å². The molecule has 0 aromatic heterocycles. The Morgan fingerprint density at radius 1 is 1.13 bits per heavy atom. The van der Waals surface area contributed by atoms with Crippen molar-refractivity contribution < 1.29 is 18.9 Å². The van der Waals surface area contributed by atoms with Gasteiger partial charge in [-0.25, -0.2) is 0 Å². The first-order chi connectivity index (χ1) is 11.3. The highest BCUT2D eigenvalue weighted by Crippen LogP contribution is 2.69. The maximum absolute atomic E-state index is 6.61. The van der Waals surface area contributed by atoms with E-state index in [1.54, 1.807) is 7.11 Å². The first kappa shape index (κ1) is 13.1. The molecule has 3 aliphatic carbocycles. The third-order valence-electron chi connectivity index (χ3n) is 7.22. The van der Waals surface area contributed by atoms with E-state index in [9.17, 15) is 0 Å². The molecule has 0 amide bonds. The van der Waals surface area contributed by atoms with Crippen molar-refractivity contribution in [3.8, 4) is 11.5 Å². The van der Waals surface area contributed by atoms with Crippen molar-refractivity contribution >= 4 is 0 Å². The Hall–Kier alpha value is -1.26. The van der Waals surface area contributed by atoms with E-state index in [-0.39, 0.29) is 11.5 Å². The molecule has 4 heteroatoms. The molecule has 2 bridgehead atoms. The van der Waals surface area contributed by atoms with Crippen LogP contribution in [-0.2, 0) is 21.3 Å². The van der Waals surface area contributed by atoms with Gasteiger partial charge in [0, 0.05) is 17.4 Å². The van der Waals surface area contributed by atoms with Crippen LogP contribution in [0.5, 0.6) is 11.5 Å². The number of fused-ring (bicyclic) bond motifs is 1. The molecular formula is C19H22O4. The Morgan fingerprint density at radius 3 is 2.83 bits per heavy atom. The normalized spacial score (nSPS) is 41.0. The lowest BCUT2D eigenvalue weighted by atomic mass is 9.56. The second kappa shape index (κ2) is 4.04. The Kier molecular flexibility index (Phi) is 2.30. The quantitative estimate of drug-likeness (QED) is 0.799. The van der Waals surface area contributed by atoms with Crippen molar-refractivity contribution in [2.45, 2.75) is 49.4 Å². The van der Waals surface area contributed by atoms with Gasteiger partial charge in [0.15, 0.2) is 17.6 Å². The number of benzene rings is 1. The van der Waals surface area contributed by atoms with E-state index in [0.29, 0.717) is 19.1 Å². The van der Waals surface area contributed by atoms with Gasteiger partial charge < -0.3 is 18.9 Å². The van der Waals surface area contributed by atoms with E-state index in [0.717, 1.165) is 23.8 Å². The molecule has 1 aromatic rings. The van der Waals surface area contributed by atoms with Gasteiger partial charge in [-0.1, -0.05) is 6.07 Å². The van der Waals surface area contributed by atoms with Crippen LogP contribution >= 0.6 is 0 Å². The molecule has 1 saturated heterocycles. The van der Waals surface area contributed by atoms with E-state index < -0.39 is 5.79 Å². The van der Waals surface area contributed by atoms with Crippen LogP contribution in [0.1, 0.15) is 36.8 Å². The Labute approximate surface area is 136 Å². The van der Waals surface area contributed by atoms with Gasteiger partial charge in [-0.05, 0) is 49.1 Å². The maximum atomic E-state index is 6.61. The van der Waals surface area contributed by atoms with Crippen LogP contribution in [0.4, 0.5) is 0 Å². The standard InChI is InChI=1S/C19H22O4/c1-20-14-3-2-12-10-11-4-6-18-13(11)5-7-19(21-8-9-22-19)17(18)23-16(14)15(12)18/h2-3,11,13,17H,4-10H2,1H3. The zero-order chi connectivity index (χ0) is 15.2. The van der Waals surface area contributed by atoms with Gasteiger partial charge in [-0.15, -0.1) is 0 Å². The molecule has 2 heterocycles. The molecule has 0 radical (unpaired) electrons. The predicted octanol–water partition coefficient (Wildman–Crippen LogP) is 2.81. The molecule has 4 unspecified atom stereocenters. The van der Waals surface area contributed by atoms with Gasteiger partial charge in [-0.3, -0.25) is 0 Å². The summed E-state index contributed by atoms with van der Waals surface area (Å²) in [5.41, 5.74) is 2.99. The topological polar surface area (TPSA) is 36.9 Å². The summed E-state index contributed by atoms with van der Waals surface area (Å²) < 4.78 is 24.6. The molecular weight excluding hydrogens is 292 g/mol. The average molecular weight is 314 g/mol. The number of ether oxygens (including phenoxy) is 4. The Morgan fingerprint density at radius 2 is 2.00 bits per heavy atom. The maximum Gasteiger partial charge on any atom is 0.206 e. The molecule has 4 atom stereocenters. The van der Waals surface area contributed by atoms with Crippen molar-refractivity contribution in [2.24, 2.45) is 11.8 Å². The summed E-state index contributed by atoms with van der Waals surface area (Å²) in [6, 6.07) is 4.34. The first-order valence-electron chi connectivity index (χ1n) is 8.93. The number of hydrogen-bond donors (Lipinski definition) is 0. The first-order valence-corrected chi connectivity index (χ1v) is 8.93. The number of hydrogen-bond acceptors (Lipinski definition) is 4. The molecule has 5 aliphatic rings. The van der Waals surface area contributed by atoms with Crippen molar-refractivity contribution in [1.29, 1.82) is 0 Å². The Balaban J connectivity index is 1.63. The van der Waals surface area contributed by atoms with Crippen LogP contribution in [0.25, 0.3) is 0 Å². The van der Waals surface area contributed by atoms with Crippen LogP contribution in [0.2, 0.25) is 0 Å². The molecule has 2 aliphatic heterocycles. The summed E-state index contributed by atoms with van der Waals surface area (Å²) in [5.74, 6) is 2.81. The summed E-state index contributed by atoms with van der Waals surface area (Å²) in [5, 5.41) is 0.